The second-order valence-corrected chi connectivity index (χ2v) is 6.61. The molecule has 0 fully saturated rings. The minimum atomic E-state index is -0.511. The Bertz CT molecular complexity index is 1030. The van der Waals surface area contributed by atoms with Gasteiger partial charge in [-0.3, -0.25) is 4.79 Å². The van der Waals surface area contributed by atoms with Crippen LogP contribution in [0.1, 0.15) is 23.6 Å². The fourth-order valence-corrected chi connectivity index (χ4v) is 2.84. The number of nitriles is 1. The van der Waals surface area contributed by atoms with Crippen molar-refractivity contribution in [1.29, 1.82) is 5.26 Å². The minimum absolute atomic E-state index is 0.0384. The van der Waals surface area contributed by atoms with Crippen molar-refractivity contribution in [2.75, 3.05) is 18.5 Å². The lowest BCUT2D eigenvalue weighted by Gasteiger charge is -2.13. The van der Waals surface area contributed by atoms with E-state index in [4.69, 9.17) is 27.5 Å². The largest absolute Gasteiger partial charge is 0.490 e. The van der Waals surface area contributed by atoms with Gasteiger partial charge < -0.3 is 14.8 Å². The van der Waals surface area contributed by atoms with E-state index >= 15 is 0 Å². The summed E-state index contributed by atoms with van der Waals surface area (Å²) in [6.07, 6.45) is 6.68. The molecule has 0 aromatic heterocycles. The van der Waals surface area contributed by atoms with Crippen molar-refractivity contribution >= 4 is 29.3 Å². The molecule has 29 heavy (non-hydrogen) atoms. The molecule has 1 amide bonds. The number of aryl methyl sites for hydroxylation is 2. The second-order valence-electron chi connectivity index (χ2n) is 6.20. The summed E-state index contributed by atoms with van der Waals surface area (Å²) in [5.74, 6) is 2.56. The topological polar surface area (TPSA) is 71.3 Å². The predicted molar refractivity (Wildman–Crippen MR) is 115 cm³/mol. The van der Waals surface area contributed by atoms with Crippen LogP contribution in [-0.2, 0) is 4.79 Å². The molecule has 2 aromatic carbocycles. The molecule has 0 radical (unpaired) electrons. The Hall–Kier alpha value is -3.41. The summed E-state index contributed by atoms with van der Waals surface area (Å²) < 4.78 is 11.0. The van der Waals surface area contributed by atoms with Crippen LogP contribution in [0.25, 0.3) is 6.08 Å². The Labute approximate surface area is 175 Å². The van der Waals surface area contributed by atoms with Gasteiger partial charge in [-0.25, -0.2) is 0 Å². The van der Waals surface area contributed by atoms with E-state index < -0.39 is 5.91 Å². The fourth-order valence-electron chi connectivity index (χ4n) is 2.56. The number of hydrogen-bond acceptors (Lipinski definition) is 4. The molecular formula is C23H21ClN2O3. The third-order valence-electron chi connectivity index (χ3n) is 3.95. The Kier molecular flexibility index (Phi) is 7.71. The number of nitrogens with one attached hydrogen (secondary N) is 1. The quantitative estimate of drug-likeness (QED) is 0.401. The zero-order valence-corrected chi connectivity index (χ0v) is 17.3. The number of carbonyl (C=O) groups excluding carboxylic acids is 1. The van der Waals surface area contributed by atoms with Crippen molar-refractivity contribution in [3.05, 3.63) is 57.6 Å². The zero-order chi connectivity index (χ0) is 21.4. The maximum atomic E-state index is 12.6. The normalized spacial score (nSPS) is 10.6. The number of carbonyl (C=O) groups is 1. The van der Waals surface area contributed by atoms with E-state index in [0.717, 1.165) is 11.1 Å². The van der Waals surface area contributed by atoms with Crippen LogP contribution in [0, 0.1) is 37.5 Å². The Morgan fingerprint density at radius 2 is 2.03 bits per heavy atom. The molecule has 0 saturated heterocycles. The van der Waals surface area contributed by atoms with Crippen molar-refractivity contribution in [1.82, 2.24) is 0 Å². The molecule has 0 aliphatic rings. The number of nitrogens with zero attached hydrogens (tertiary/aromatic N) is 1. The molecule has 0 aliphatic heterocycles. The van der Waals surface area contributed by atoms with Crippen LogP contribution in [0.4, 0.5) is 5.69 Å². The summed E-state index contributed by atoms with van der Waals surface area (Å²) in [5, 5.41) is 12.5. The average molecular weight is 409 g/mol. The predicted octanol–water partition coefficient (Wildman–Crippen LogP) is 4.91. The number of anilines is 1. The summed E-state index contributed by atoms with van der Waals surface area (Å²) in [6.45, 7) is 6.05. The second kappa shape index (κ2) is 10.2. The van der Waals surface area contributed by atoms with Crippen LogP contribution in [0.2, 0.25) is 5.02 Å². The smallest absolute Gasteiger partial charge is 0.266 e. The van der Waals surface area contributed by atoms with E-state index in [9.17, 15) is 10.1 Å². The Morgan fingerprint density at radius 1 is 1.28 bits per heavy atom. The van der Waals surface area contributed by atoms with Gasteiger partial charge in [0, 0.05) is 5.69 Å². The van der Waals surface area contributed by atoms with E-state index in [1.54, 1.807) is 12.1 Å². The maximum absolute atomic E-state index is 12.6. The first-order valence-electron chi connectivity index (χ1n) is 8.92. The first kappa shape index (κ1) is 21.9. The lowest BCUT2D eigenvalue weighted by atomic mass is 10.1. The average Bonchev–Trinajstić information content (AvgIpc) is 2.68. The number of benzene rings is 2. The Balaban J connectivity index is 2.36. The van der Waals surface area contributed by atoms with Crippen molar-refractivity contribution in [3.8, 4) is 29.9 Å². The highest BCUT2D eigenvalue weighted by atomic mass is 35.5. The van der Waals surface area contributed by atoms with E-state index in [1.807, 2.05) is 45.0 Å². The standard InChI is InChI=1S/C23H21ClN2O3/c1-5-9-29-22-19(24)12-17(13-21(22)28-6-2)11-18(14-25)23(27)26-20-10-15(3)7-8-16(20)4/h1,7-8,10-13H,6,9H2,2-4H3,(H,26,27)/b18-11+. The van der Waals surface area contributed by atoms with Gasteiger partial charge >= 0.3 is 0 Å². The lowest BCUT2D eigenvalue weighted by Crippen LogP contribution is -2.14. The van der Waals surface area contributed by atoms with Crippen molar-refractivity contribution in [3.63, 3.8) is 0 Å². The van der Waals surface area contributed by atoms with Crippen LogP contribution < -0.4 is 14.8 Å². The maximum Gasteiger partial charge on any atom is 0.266 e. The third kappa shape index (κ3) is 5.78. The molecule has 1 N–H and O–H groups in total. The SMILES string of the molecule is C#CCOc1c(Cl)cc(/C=C(\C#N)C(=O)Nc2cc(C)ccc2C)cc1OCC. The molecule has 2 aromatic rings. The van der Waals surface area contributed by atoms with Crippen molar-refractivity contribution in [2.24, 2.45) is 0 Å². The van der Waals surface area contributed by atoms with E-state index in [1.165, 1.54) is 6.08 Å². The Morgan fingerprint density at radius 3 is 2.69 bits per heavy atom. The molecule has 0 heterocycles. The lowest BCUT2D eigenvalue weighted by molar-refractivity contribution is -0.112. The van der Waals surface area contributed by atoms with Gasteiger partial charge in [-0.15, -0.1) is 6.42 Å². The zero-order valence-electron chi connectivity index (χ0n) is 16.5. The van der Waals surface area contributed by atoms with Crippen LogP contribution in [0.5, 0.6) is 11.5 Å². The van der Waals surface area contributed by atoms with Gasteiger partial charge in [-0.1, -0.05) is 29.7 Å². The van der Waals surface area contributed by atoms with Crippen LogP contribution in [0.3, 0.4) is 0 Å². The summed E-state index contributed by atoms with van der Waals surface area (Å²) in [7, 11) is 0. The summed E-state index contributed by atoms with van der Waals surface area (Å²) in [6, 6.07) is 10.9. The van der Waals surface area contributed by atoms with Crippen LogP contribution >= 0.6 is 11.6 Å². The summed E-state index contributed by atoms with van der Waals surface area (Å²) in [4.78, 5) is 12.6. The molecule has 5 nitrogen and oxygen atoms in total. The molecule has 6 heteroatoms. The third-order valence-corrected chi connectivity index (χ3v) is 4.23. The molecular weight excluding hydrogens is 388 g/mol. The number of rotatable bonds is 7. The number of ether oxygens (including phenoxy) is 2. The highest BCUT2D eigenvalue weighted by Crippen LogP contribution is 2.37. The molecule has 0 unspecified atom stereocenters. The minimum Gasteiger partial charge on any atom is -0.490 e. The molecule has 0 spiro atoms. The fraction of sp³-hybridized carbons (Fsp3) is 0.217. The monoisotopic (exact) mass is 408 g/mol. The van der Waals surface area contributed by atoms with Gasteiger partial charge in [0.15, 0.2) is 11.5 Å². The molecule has 148 valence electrons. The van der Waals surface area contributed by atoms with Crippen LogP contribution in [0.15, 0.2) is 35.9 Å². The van der Waals surface area contributed by atoms with Gasteiger partial charge in [0.25, 0.3) is 5.91 Å². The summed E-state index contributed by atoms with van der Waals surface area (Å²) in [5.41, 5.74) is 3.02. The van der Waals surface area contributed by atoms with E-state index in [-0.39, 0.29) is 17.2 Å². The van der Waals surface area contributed by atoms with Gasteiger partial charge in [-0.2, -0.15) is 5.26 Å². The van der Waals surface area contributed by atoms with Gasteiger partial charge in [0.1, 0.15) is 18.2 Å². The molecule has 0 atom stereocenters. The molecule has 2 rings (SSSR count). The van der Waals surface area contributed by atoms with Crippen LogP contribution in [-0.4, -0.2) is 19.1 Å². The number of amides is 1. The molecule has 0 bridgehead atoms. The highest BCUT2D eigenvalue weighted by Gasteiger charge is 2.15. The summed E-state index contributed by atoms with van der Waals surface area (Å²) >= 11 is 6.29. The van der Waals surface area contributed by atoms with Gasteiger partial charge in [-0.05, 0) is 61.7 Å². The van der Waals surface area contributed by atoms with Crippen molar-refractivity contribution in [2.45, 2.75) is 20.8 Å². The first-order chi connectivity index (χ1) is 13.9. The molecule has 0 aliphatic carbocycles. The number of hydrogen-bond donors (Lipinski definition) is 1. The van der Waals surface area contributed by atoms with E-state index in [0.29, 0.717) is 29.4 Å². The molecule has 0 saturated carbocycles. The number of halogens is 1. The van der Waals surface area contributed by atoms with Gasteiger partial charge in [0.2, 0.25) is 0 Å². The van der Waals surface area contributed by atoms with Gasteiger partial charge in [0.05, 0.1) is 11.6 Å². The number of terminal acetylenes is 1. The van der Waals surface area contributed by atoms with E-state index in [2.05, 4.69) is 11.2 Å². The first-order valence-corrected chi connectivity index (χ1v) is 9.30. The highest BCUT2D eigenvalue weighted by molar-refractivity contribution is 6.32. The van der Waals surface area contributed by atoms with Crippen molar-refractivity contribution < 1.29 is 14.3 Å².